The van der Waals surface area contributed by atoms with Crippen LogP contribution < -0.4 is 10.2 Å². The number of carbonyl (C=O) groups is 1. The summed E-state index contributed by atoms with van der Waals surface area (Å²) in [7, 11) is 0. The van der Waals surface area contributed by atoms with Crippen LogP contribution in [0.2, 0.25) is 0 Å². The first kappa shape index (κ1) is 22.1. The molecule has 1 aromatic carbocycles. The molecule has 34 heavy (non-hydrogen) atoms. The van der Waals surface area contributed by atoms with Crippen LogP contribution in [-0.2, 0) is 10.3 Å². The van der Waals surface area contributed by atoms with Crippen molar-refractivity contribution in [2.24, 2.45) is 0 Å². The summed E-state index contributed by atoms with van der Waals surface area (Å²) >= 11 is 0. The lowest BCUT2D eigenvalue weighted by molar-refractivity contribution is 0.102. The molecule has 0 radical (unpaired) electrons. The summed E-state index contributed by atoms with van der Waals surface area (Å²) in [6, 6.07) is 10.1. The van der Waals surface area contributed by atoms with E-state index in [0.717, 1.165) is 41.2 Å². The fourth-order valence-corrected chi connectivity index (χ4v) is 4.11. The molecule has 3 aromatic heterocycles. The van der Waals surface area contributed by atoms with E-state index in [9.17, 15) is 4.79 Å². The van der Waals surface area contributed by atoms with Gasteiger partial charge in [0.2, 0.25) is 0 Å². The number of anilines is 2. The number of nitrogens with one attached hydrogen (secondary N) is 1. The van der Waals surface area contributed by atoms with E-state index in [-0.39, 0.29) is 11.4 Å². The zero-order valence-electron chi connectivity index (χ0n) is 19.9. The Morgan fingerprint density at radius 3 is 2.62 bits per heavy atom. The van der Waals surface area contributed by atoms with Crippen LogP contribution in [0.5, 0.6) is 0 Å². The third-order valence-corrected chi connectivity index (χ3v) is 6.12. The Labute approximate surface area is 198 Å². The van der Waals surface area contributed by atoms with Crippen molar-refractivity contribution in [3.63, 3.8) is 0 Å². The number of nitrogens with zero attached hydrogens (tertiary/aromatic N) is 6. The zero-order chi connectivity index (χ0) is 23.9. The van der Waals surface area contributed by atoms with Crippen LogP contribution >= 0.6 is 0 Å². The number of hydrogen-bond donors (Lipinski definition) is 1. The van der Waals surface area contributed by atoms with Gasteiger partial charge in [-0.05, 0) is 68.7 Å². The maximum absolute atomic E-state index is 12.9. The summed E-state index contributed by atoms with van der Waals surface area (Å²) in [4.78, 5) is 19.4. The Hall–Kier alpha value is -3.72. The average Bonchev–Trinajstić information content (AvgIpc) is 3.50. The topological polar surface area (TPSA) is 89.6 Å². The Balaban J connectivity index is 1.47. The Bertz CT molecular complexity index is 1340. The van der Waals surface area contributed by atoms with Crippen LogP contribution in [0.1, 0.15) is 36.8 Å². The number of benzene rings is 1. The minimum absolute atomic E-state index is 0.138. The normalized spacial score (nSPS) is 14.5. The van der Waals surface area contributed by atoms with E-state index in [4.69, 9.17) is 4.74 Å². The molecule has 1 saturated heterocycles. The molecular formula is C25H29N7O2. The van der Waals surface area contributed by atoms with Gasteiger partial charge in [-0.15, -0.1) is 10.2 Å². The monoisotopic (exact) mass is 459 g/mol. The van der Waals surface area contributed by atoms with E-state index in [1.165, 1.54) is 0 Å². The molecule has 0 bridgehead atoms. The summed E-state index contributed by atoms with van der Waals surface area (Å²) in [5.74, 6) is 0.794. The average molecular weight is 460 g/mol. The molecule has 1 aliphatic heterocycles. The van der Waals surface area contributed by atoms with Gasteiger partial charge in [-0.25, -0.2) is 4.98 Å². The van der Waals surface area contributed by atoms with E-state index in [0.29, 0.717) is 24.6 Å². The number of hydrogen-bond acceptors (Lipinski definition) is 6. The number of amides is 1. The van der Waals surface area contributed by atoms with Crippen molar-refractivity contribution in [3.8, 4) is 11.1 Å². The SMILES string of the molecule is Cc1ccc(NC(=O)c2cn(C(C)(C)C)cn2)cc1-c1cc(N2CCOCC2)n2cnnc2c1. The molecule has 1 aliphatic rings. The number of fused-ring (bicyclic) bond motifs is 1. The summed E-state index contributed by atoms with van der Waals surface area (Å²) in [6.07, 6.45) is 5.21. The first-order valence-corrected chi connectivity index (χ1v) is 11.4. The van der Waals surface area contributed by atoms with E-state index in [2.05, 4.69) is 59.2 Å². The van der Waals surface area contributed by atoms with Crippen molar-refractivity contribution in [2.45, 2.75) is 33.2 Å². The molecule has 0 spiro atoms. The third kappa shape index (κ3) is 4.26. The van der Waals surface area contributed by atoms with Crippen LogP contribution in [-0.4, -0.2) is 56.4 Å². The molecule has 9 nitrogen and oxygen atoms in total. The molecular weight excluding hydrogens is 430 g/mol. The summed E-state index contributed by atoms with van der Waals surface area (Å²) < 4.78 is 9.46. The Kier molecular flexibility index (Phi) is 5.57. The molecule has 0 atom stereocenters. The Morgan fingerprint density at radius 1 is 1.09 bits per heavy atom. The van der Waals surface area contributed by atoms with Gasteiger partial charge in [0.15, 0.2) is 5.65 Å². The van der Waals surface area contributed by atoms with Gasteiger partial charge in [0, 0.05) is 30.5 Å². The zero-order valence-corrected chi connectivity index (χ0v) is 19.9. The van der Waals surface area contributed by atoms with E-state index < -0.39 is 0 Å². The smallest absolute Gasteiger partial charge is 0.275 e. The number of morpholine rings is 1. The molecule has 4 aromatic rings. The van der Waals surface area contributed by atoms with Gasteiger partial charge in [0.05, 0.1) is 19.5 Å². The van der Waals surface area contributed by atoms with Crippen LogP contribution in [0.3, 0.4) is 0 Å². The lowest BCUT2D eigenvalue weighted by Crippen LogP contribution is -2.37. The summed E-state index contributed by atoms with van der Waals surface area (Å²) in [5.41, 5.74) is 4.89. The number of ether oxygens (including phenoxy) is 1. The minimum Gasteiger partial charge on any atom is -0.378 e. The van der Waals surface area contributed by atoms with Gasteiger partial charge >= 0.3 is 0 Å². The van der Waals surface area contributed by atoms with Gasteiger partial charge in [0.25, 0.3) is 5.91 Å². The van der Waals surface area contributed by atoms with Gasteiger partial charge in [-0.1, -0.05) is 6.07 Å². The molecule has 1 N–H and O–H groups in total. The van der Waals surface area contributed by atoms with Gasteiger partial charge in [-0.3, -0.25) is 9.20 Å². The molecule has 5 rings (SSSR count). The van der Waals surface area contributed by atoms with Crippen molar-refractivity contribution in [1.29, 1.82) is 0 Å². The number of imidazole rings is 1. The molecule has 0 aliphatic carbocycles. The molecule has 9 heteroatoms. The number of rotatable bonds is 4. The van der Waals surface area contributed by atoms with Crippen LogP contribution in [0, 0.1) is 6.92 Å². The van der Waals surface area contributed by atoms with Crippen molar-refractivity contribution < 1.29 is 9.53 Å². The predicted molar refractivity (Wildman–Crippen MR) is 131 cm³/mol. The molecule has 0 saturated carbocycles. The van der Waals surface area contributed by atoms with Crippen LogP contribution in [0.4, 0.5) is 11.5 Å². The van der Waals surface area contributed by atoms with Gasteiger partial charge < -0.3 is 19.5 Å². The number of carbonyl (C=O) groups excluding carboxylic acids is 1. The molecule has 1 amide bonds. The quantitative estimate of drug-likeness (QED) is 0.500. The molecule has 176 valence electrons. The first-order valence-electron chi connectivity index (χ1n) is 11.4. The molecule has 4 heterocycles. The van der Waals surface area contributed by atoms with E-state index >= 15 is 0 Å². The van der Waals surface area contributed by atoms with Crippen LogP contribution in [0.25, 0.3) is 16.8 Å². The lowest BCUT2D eigenvalue weighted by Gasteiger charge is -2.29. The minimum atomic E-state index is -0.236. The maximum atomic E-state index is 12.9. The fourth-order valence-electron chi connectivity index (χ4n) is 4.11. The maximum Gasteiger partial charge on any atom is 0.275 e. The van der Waals surface area contributed by atoms with E-state index in [1.807, 2.05) is 33.2 Å². The first-order chi connectivity index (χ1) is 16.3. The second-order valence-electron chi connectivity index (χ2n) is 9.58. The van der Waals surface area contributed by atoms with Gasteiger partial charge in [-0.2, -0.15) is 0 Å². The van der Waals surface area contributed by atoms with Crippen molar-refractivity contribution in [2.75, 3.05) is 36.5 Å². The number of aromatic nitrogens is 5. The second kappa shape index (κ2) is 8.57. The highest BCUT2D eigenvalue weighted by molar-refractivity contribution is 6.03. The van der Waals surface area contributed by atoms with E-state index in [1.54, 1.807) is 18.9 Å². The van der Waals surface area contributed by atoms with Crippen LogP contribution in [0.15, 0.2) is 49.2 Å². The Morgan fingerprint density at radius 2 is 1.88 bits per heavy atom. The number of pyridine rings is 1. The summed E-state index contributed by atoms with van der Waals surface area (Å²) in [6.45, 7) is 11.3. The molecule has 0 unspecified atom stereocenters. The highest BCUT2D eigenvalue weighted by Gasteiger charge is 2.19. The van der Waals surface area contributed by atoms with Crippen molar-refractivity contribution in [1.82, 2.24) is 24.1 Å². The largest absolute Gasteiger partial charge is 0.378 e. The lowest BCUT2D eigenvalue weighted by atomic mass is 10.00. The summed E-state index contributed by atoms with van der Waals surface area (Å²) in [5, 5.41) is 11.4. The number of aryl methyl sites for hydroxylation is 1. The predicted octanol–water partition coefficient (Wildman–Crippen LogP) is 3.75. The highest BCUT2D eigenvalue weighted by Crippen LogP contribution is 2.31. The second-order valence-corrected chi connectivity index (χ2v) is 9.58. The third-order valence-electron chi connectivity index (χ3n) is 6.12. The van der Waals surface area contributed by atoms with Gasteiger partial charge in [0.1, 0.15) is 17.8 Å². The highest BCUT2D eigenvalue weighted by atomic mass is 16.5. The molecule has 1 fully saturated rings. The van der Waals surface area contributed by atoms with Crippen molar-refractivity contribution >= 4 is 23.1 Å². The van der Waals surface area contributed by atoms with Crippen molar-refractivity contribution in [3.05, 3.63) is 60.4 Å². The standard InChI is InChI=1S/C25H29N7O2/c1-17-5-6-19(28-24(33)21-14-31(15-26-21)25(2,3)4)13-20(17)18-11-22-29-27-16-32(22)23(12-18)30-7-9-34-10-8-30/h5-6,11-16H,7-10H2,1-4H3,(H,28,33). The fraction of sp³-hybridized carbons (Fsp3) is 0.360.